The molecule has 128 valence electrons. The summed E-state index contributed by atoms with van der Waals surface area (Å²) in [6.45, 7) is 0. The van der Waals surface area contributed by atoms with E-state index >= 15 is 0 Å². The third kappa shape index (κ3) is 5.20. The molecule has 0 saturated carbocycles. The van der Waals surface area contributed by atoms with E-state index in [0.717, 1.165) is 0 Å². The van der Waals surface area contributed by atoms with Crippen molar-refractivity contribution in [2.24, 2.45) is 11.5 Å². The number of hydrogen-bond acceptors (Lipinski definition) is 4. The normalized spacial score (nSPS) is 13.2. The van der Waals surface area contributed by atoms with Crippen molar-refractivity contribution in [2.75, 3.05) is 0 Å². The number of benzene rings is 1. The number of carbonyl (C=O) groups excluding carboxylic acids is 2. The van der Waals surface area contributed by atoms with Gasteiger partial charge in [-0.05, 0) is 30.2 Å². The Hall–Kier alpha value is -2.67. The first-order valence-electron chi connectivity index (χ1n) is 7.55. The Morgan fingerprint density at radius 2 is 1.92 bits per heavy atom. The monoisotopic (exact) mass is 333 g/mol. The summed E-state index contributed by atoms with van der Waals surface area (Å²) >= 11 is 0. The second-order valence-electron chi connectivity index (χ2n) is 5.57. The van der Waals surface area contributed by atoms with Gasteiger partial charge in [0, 0.05) is 18.9 Å². The first-order chi connectivity index (χ1) is 11.5. The molecule has 0 spiro atoms. The summed E-state index contributed by atoms with van der Waals surface area (Å²) < 4.78 is 18.7. The van der Waals surface area contributed by atoms with Crippen molar-refractivity contribution in [1.82, 2.24) is 5.32 Å². The van der Waals surface area contributed by atoms with Crippen molar-refractivity contribution in [3.05, 3.63) is 59.8 Å². The van der Waals surface area contributed by atoms with Crippen molar-refractivity contribution in [3.8, 4) is 0 Å². The fourth-order valence-electron chi connectivity index (χ4n) is 2.36. The van der Waals surface area contributed by atoms with E-state index in [4.69, 9.17) is 15.9 Å². The highest BCUT2D eigenvalue weighted by Crippen LogP contribution is 2.10. The zero-order valence-electron chi connectivity index (χ0n) is 13.1. The van der Waals surface area contributed by atoms with E-state index in [1.807, 2.05) is 0 Å². The Balaban J connectivity index is 1.88. The Bertz CT molecular complexity index is 688. The van der Waals surface area contributed by atoms with Crippen molar-refractivity contribution in [2.45, 2.75) is 31.3 Å². The molecular weight excluding hydrogens is 313 g/mol. The topological polar surface area (TPSA) is 111 Å². The zero-order valence-corrected chi connectivity index (χ0v) is 13.1. The van der Waals surface area contributed by atoms with Gasteiger partial charge in [0.25, 0.3) is 0 Å². The minimum atomic E-state index is -0.885. The van der Waals surface area contributed by atoms with Gasteiger partial charge in [-0.2, -0.15) is 0 Å². The fourth-order valence-corrected chi connectivity index (χ4v) is 2.36. The quantitative estimate of drug-likeness (QED) is 0.666. The van der Waals surface area contributed by atoms with Crippen LogP contribution < -0.4 is 16.8 Å². The zero-order chi connectivity index (χ0) is 17.5. The van der Waals surface area contributed by atoms with Crippen LogP contribution in [0.5, 0.6) is 0 Å². The van der Waals surface area contributed by atoms with Gasteiger partial charge in [0.05, 0.1) is 6.26 Å². The van der Waals surface area contributed by atoms with Gasteiger partial charge in [-0.15, -0.1) is 0 Å². The number of nitrogens with one attached hydrogen (secondary N) is 1. The Morgan fingerprint density at radius 1 is 1.17 bits per heavy atom. The maximum absolute atomic E-state index is 13.6. The molecule has 1 unspecified atom stereocenters. The van der Waals surface area contributed by atoms with Crippen LogP contribution in [0, 0.1) is 5.82 Å². The molecule has 7 heteroatoms. The highest BCUT2D eigenvalue weighted by molar-refractivity contribution is 5.86. The van der Waals surface area contributed by atoms with E-state index in [9.17, 15) is 14.0 Å². The molecule has 0 fully saturated rings. The van der Waals surface area contributed by atoms with E-state index in [-0.39, 0.29) is 25.1 Å². The lowest BCUT2D eigenvalue weighted by molar-refractivity contribution is -0.127. The van der Waals surface area contributed by atoms with Crippen LogP contribution in [-0.2, 0) is 22.4 Å². The summed E-state index contributed by atoms with van der Waals surface area (Å²) in [5.41, 5.74) is 11.6. The standard InChI is InChI=1S/C17H20FN3O3/c18-14-6-2-1-4-11(14)8-12(19)9-16(22)21-15(17(20)23)10-13-5-3-7-24-13/h1-7,12,15H,8-10,19H2,(H2,20,23)(H,21,22)/t12?,15-/m1/s1. The van der Waals surface area contributed by atoms with E-state index in [1.165, 1.54) is 12.3 Å². The first kappa shape index (κ1) is 17.7. The lowest BCUT2D eigenvalue weighted by Crippen LogP contribution is -2.47. The molecule has 2 aromatic rings. The third-order valence-electron chi connectivity index (χ3n) is 3.55. The van der Waals surface area contributed by atoms with Gasteiger partial charge in [0.15, 0.2) is 0 Å². The van der Waals surface area contributed by atoms with Crippen molar-refractivity contribution in [3.63, 3.8) is 0 Å². The molecule has 6 nitrogen and oxygen atoms in total. The molecule has 1 aromatic carbocycles. The fraction of sp³-hybridized carbons (Fsp3) is 0.294. The third-order valence-corrected chi connectivity index (χ3v) is 3.55. The molecule has 24 heavy (non-hydrogen) atoms. The van der Waals surface area contributed by atoms with Crippen LogP contribution in [0.15, 0.2) is 47.1 Å². The van der Waals surface area contributed by atoms with Crippen molar-refractivity contribution >= 4 is 11.8 Å². The summed E-state index contributed by atoms with van der Waals surface area (Å²) in [6, 6.07) is 8.17. The number of rotatable bonds is 8. The van der Waals surface area contributed by atoms with Gasteiger partial charge >= 0.3 is 0 Å². The van der Waals surface area contributed by atoms with Gasteiger partial charge in [-0.25, -0.2) is 4.39 Å². The maximum atomic E-state index is 13.6. The van der Waals surface area contributed by atoms with Gasteiger partial charge in [-0.3, -0.25) is 9.59 Å². The summed E-state index contributed by atoms with van der Waals surface area (Å²) in [5, 5.41) is 2.54. The van der Waals surface area contributed by atoms with Gasteiger partial charge in [0.1, 0.15) is 17.6 Å². The molecule has 0 radical (unpaired) electrons. The maximum Gasteiger partial charge on any atom is 0.240 e. The molecular formula is C17H20FN3O3. The highest BCUT2D eigenvalue weighted by atomic mass is 19.1. The number of hydrogen-bond donors (Lipinski definition) is 3. The van der Waals surface area contributed by atoms with Crippen LogP contribution >= 0.6 is 0 Å². The van der Waals surface area contributed by atoms with E-state index in [1.54, 1.807) is 30.3 Å². The number of primary amides is 1. The molecule has 1 aromatic heterocycles. The van der Waals surface area contributed by atoms with E-state index in [2.05, 4.69) is 5.32 Å². The van der Waals surface area contributed by atoms with Gasteiger partial charge in [0.2, 0.25) is 11.8 Å². The Morgan fingerprint density at radius 3 is 2.54 bits per heavy atom. The van der Waals surface area contributed by atoms with Crippen molar-refractivity contribution in [1.29, 1.82) is 0 Å². The molecule has 2 atom stereocenters. The number of carbonyl (C=O) groups is 2. The van der Waals surface area contributed by atoms with Crippen LogP contribution in [0.25, 0.3) is 0 Å². The summed E-state index contributed by atoms with van der Waals surface area (Å²) in [4.78, 5) is 23.5. The molecule has 2 amide bonds. The minimum Gasteiger partial charge on any atom is -0.469 e. The minimum absolute atomic E-state index is 0.0454. The Labute approximate surface area is 139 Å². The molecule has 0 saturated heterocycles. The van der Waals surface area contributed by atoms with E-state index < -0.39 is 23.9 Å². The largest absolute Gasteiger partial charge is 0.469 e. The first-order valence-corrected chi connectivity index (χ1v) is 7.55. The highest BCUT2D eigenvalue weighted by Gasteiger charge is 2.21. The Kier molecular flexibility index (Phi) is 6.08. The second kappa shape index (κ2) is 8.26. The molecule has 0 aliphatic rings. The van der Waals surface area contributed by atoms with Crippen LogP contribution in [0.1, 0.15) is 17.7 Å². The molecule has 5 N–H and O–H groups in total. The SMILES string of the molecule is NC(=O)[C@@H](Cc1ccco1)NC(=O)CC(N)Cc1ccccc1F. The molecule has 1 heterocycles. The predicted octanol–water partition coefficient (Wildman–Crippen LogP) is 0.891. The summed E-state index contributed by atoms with van der Waals surface area (Å²) in [7, 11) is 0. The van der Waals surface area contributed by atoms with E-state index in [0.29, 0.717) is 11.3 Å². The summed E-state index contributed by atoms with van der Waals surface area (Å²) in [5.74, 6) is -0.910. The summed E-state index contributed by atoms with van der Waals surface area (Å²) in [6.07, 6.45) is 1.81. The van der Waals surface area contributed by atoms with Crippen molar-refractivity contribution < 1.29 is 18.4 Å². The molecule has 0 aliphatic carbocycles. The van der Waals surface area contributed by atoms with Crippen LogP contribution in [0.3, 0.4) is 0 Å². The molecule has 0 aliphatic heterocycles. The smallest absolute Gasteiger partial charge is 0.240 e. The average Bonchev–Trinajstić information content (AvgIpc) is 3.01. The van der Waals surface area contributed by atoms with Gasteiger partial charge < -0.3 is 21.2 Å². The second-order valence-corrected chi connectivity index (χ2v) is 5.57. The number of halogens is 1. The predicted molar refractivity (Wildman–Crippen MR) is 86.2 cm³/mol. The average molecular weight is 333 g/mol. The number of nitrogens with two attached hydrogens (primary N) is 2. The van der Waals surface area contributed by atoms with Gasteiger partial charge in [-0.1, -0.05) is 18.2 Å². The van der Waals surface area contributed by atoms with Crippen LogP contribution in [0.2, 0.25) is 0 Å². The molecule has 0 bridgehead atoms. The molecule has 2 rings (SSSR count). The lowest BCUT2D eigenvalue weighted by Gasteiger charge is -2.17. The van der Waals surface area contributed by atoms with Crippen LogP contribution in [-0.4, -0.2) is 23.9 Å². The number of furan rings is 1. The lowest BCUT2D eigenvalue weighted by atomic mass is 10.0. The van der Waals surface area contributed by atoms with Crippen LogP contribution in [0.4, 0.5) is 4.39 Å². The number of amides is 2.